The number of hydrogen-bond acceptors (Lipinski definition) is 7. The van der Waals surface area contributed by atoms with E-state index in [2.05, 4.69) is 5.32 Å². The smallest absolute Gasteiger partial charge is 0.254 e. The number of piperidine rings is 1. The Balaban J connectivity index is 1.40. The maximum Gasteiger partial charge on any atom is 0.254 e. The Bertz CT molecular complexity index is 1360. The Morgan fingerprint density at radius 3 is 2.80 bits per heavy atom. The summed E-state index contributed by atoms with van der Waals surface area (Å²) in [5, 5.41) is 5.00. The number of fused-ring (bicyclic) bond motifs is 5. The van der Waals surface area contributed by atoms with E-state index in [4.69, 9.17) is 14.2 Å². The number of carbonyl (C=O) groups is 3. The first-order valence-electron chi connectivity index (χ1n) is 13.4. The van der Waals surface area contributed by atoms with E-state index in [-0.39, 0.29) is 30.4 Å². The van der Waals surface area contributed by atoms with Gasteiger partial charge in [0.2, 0.25) is 11.8 Å². The van der Waals surface area contributed by atoms with Crippen molar-refractivity contribution in [1.29, 1.82) is 0 Å². The van der Waals surface area contributed by atoms with E-state index in [0.717, 1.165) is 10.4 Å². The number of nitrogens with one attached hydrogen (secondary N) is 1. The Kier molecular flexibility index (Phi) is 8.66. The van der Waals surface area contributed by atoms with Crippen molar-refractivity contribution in [1.82, 2.24) is 15.1 Å². The molecule has 0 spiro atoms. The summed E-state index contributed by atoms with van der Waals surface area (Å²) in [6.07, 6.45) is 0.614. The number of thiophene rings is 1. The van der Waals surface area contributed by atoms with Crippen molar-refractivity contribution < 1.29 is 28.6 Å². The lowest BCUT2D eigenvalue weighted by atomic mass is 10.0. The van der Waals surface area contributed by atoms with Gasteiger partial charge >= 0.3 is 0 Å². The van der Waals surface area contributed by atoms with E-state index in [1.54, 1.807) is 41.5 Å². The number of carbonyl (C=O) groups excluding carboxylic acids is 3. The number of likely N-dealkylation sites (tertiary alicyclic amines) is 1. The minimum absolute atomic E-state index is 0.0180. The second kappa shape index (κ2) is 12.5. The zero-order chi connectivity index (χ0) is 28.1. The standard InChI is InChI=1S/C30H33N3O6S/c1-3-37-23-13-21-14-24(15-23)39-22-7-4-6-20(12-22)19-38-27-9-10-33(29(35)16-25-8-5-11-40-25)17-26(27)31-28(34)18-32(2)30(21)36/h4-8,11-15,26-27H,3,9-10,16-19H2,1-2H3,(H,31,34)/t26-,27+/m0/s1. The van der Waals surface area contributed by atoms with Crippen molar-refractivity contribution in [3.8, 4) is 17.2 Å². The number of ether oxygens (including phenoxy) is 3. The molecular formula is C30H33N3O6S. The molecule has 2 aromatic carbocycles. The summed E-state index contributed by atoms with van der Waals surface area (Å²) in [4.78, 5) is 43.6. The van der Waals surface area contributed by atoms with Crippen molar-refractivity contribution in [3.63, 3.8) is 0 Å². The van der Waals surface area contributed by atoms with Crippen LogP contribution in [-0.4, -0.2) is 73.0 Å². The molecule has 0 aliphatic carbocycles. The maximum atomic E-state index is 13.3. The third-order valence-corrected chi connectivity index (χ3v) is 7.79. The van der Waals surface area contributed by atoms with Gasteiger partial charge in [0.1, 0.15) is 17.2 Å². The molecule has 3 amide bonds. The number of rotatable bonds is 4. The van der Waals surface area contributed by atoms with E-state index in [1.165, 1.54) is 4.90 Å². The molecule has 4 bridgehead atoms. The van der Waals surface area contributed by atoms with Crippen LogP contribution in [0.15, 0.2) is 60.0 Å². The quantitative estimate of drug-likeness (QED) is 0.518. The van der Waals surface area contributed by atoms with Gasteiger partial charge in [-0.25, -0.2) is 0 Å². The molecular weight excluding hydrogens is 530 g/mol. The summed E-state index contributed by atoms with van der Waals surface area (Å²) in [5.74, 6) is 0.910. The average Bonchev–Trinajstić information content (AvgIpc) is 3.44. The van der Waals surface area contributed by atoms with Crippen LogP contribution in [0, 0.1) is 0 Å². The predicted molar refractivity (Wildman–Crippen MR) is 151 cm³/mol. The van der Waals surface area contributed by atoms with Crippen molar-refractivity contribution >= 4 is 29.1 Å². The van der Waals surface area contributed by atoms with Gasteiger partial charge in [-0.2, -0.15) is 0 Å². The highest BCUT2D eigenvalue weighted by atomic mass is 32.1. The van der Waals surface area contributed by atoms with Gasteiger partial charge in [0, 0.05) is 36.6 Å². The number of likely N-dealkylation sites (N-methyl/N-ethyl adjacent to an activating group) is 1. The van der Waals surface area contributed by atoms with E-state index in [9.17, 15) is 14.4 Å². The lowest BCUT2D eigenvalue weighted by Gasteiger charge is -2.39. The lowest BCUT2D eigenvalue weighted by molar-refractivity contribution is -0.136. The van der Waals surface area contributed by atoms with Gasteiger partial charge in [-0.3, -0.25) is 14.4 Å². The fraction of sp³-hybridized carbons (Fsp3) is 0.367. The van der Waals surface area contributed by atoms with Crippen molar-refractivity contribution in [2.45, 2.75) is 38.5 Å². The second-order valence-corrected chi connectivity index (χ2v) is 11.0. The molecule has 0 saturated carbocycles. The molecule has 1 N–H and O–H groups in total. The van der Waals surface area contributed by atoms with Crippen LogP contribution in [0.1, 0.15) is 34.1 Å². The van der Waals surface area contributed by atoms with Gasteiger partial charge < -0.3 is 29.3 Å². The molecule has 9 nitrogen and oxygen atoms in total. The fourth-order valence-electron chi connectivity index (χ4n) is 4.97. The van der Waals surface area contributed by atoms with Crippen LogP contribution >= 0.6 is 11.3 Å². The van der Waals surface area contributed by atoms with Crippen molar-refractivity contribution in [2.24, 2.45) is 0 Å². The average molecular weight is 564 g/mol. The number of amides is 3. The van der Waals surface area contributed by atoms with Crippen LogP contribution in [-0.2, 0) is 27.4 Å². The molecule has 0 unspecified atom stereocenters. The Hall–Kier alpha value is -3.89. The van der Waals surface area contributed by atoms with Crippen LogP contribution in [0.3, 0.4) is 0 Å². The summed E-state index contributed by atoms with van der Waals surface area (Å²) in [6, 6.07) is 16.0. The van der Waals surface area contributed by atoms with Crippen molar-refractivity contribution in [3.05, 3.63) is 76.0 Å². The molecule has 2 aliphatic heterocycles. The summed E-state index contributed by atoms with van der Waals surface area (Å²) >= 11 is 1.55. The molecule has 10 heteroatoms. The first kappa shape index (κ1) is 27.7. The van der Waals surface area contributed by atoms with Crippen LogP contribution in [0.4, 0.5) is 0 Å². The topological polar surface area (TPSA) is 97.4 Å². The van der Waals surface area contributed by atoms with Crippen molar-refractivity contribution in [2.75, 3.05) is 33.3 Å². The zero-order valence-corrected chi connectivity index (χ0v) is 23.4. The largest absolute Gasteiger partial charge is 0.494 e. The molecule has 40 heavy (non-hydrogen) atoms. The van der Waals surface area contributed by atoms with Crippen LogP contribution < -0.4 is 14.8 Å². The number of hydrogen-bond donors (Lipinski definition) is 1. The minimum atomic E-state index is -0.419. The van der Waals surface area contributed by atoms with Crippen LogP contribution in [0.2, 0.25) is 0 Å². The maximum absolute atomic E-state index is 13.3. The molecule has 1 aromatic heterocycles. The summed E-state index contributed by atoms with van der Waals surface area (Å²) in [6.45, 7) is 3.33. The first-order valence-corrected chi connectivity index (χ1v) is 14.3. The lowest BCUT2D eigenvalue weighted by Crippen LogP contribution is -2.58. The Labute approximate surface area is 237 Å². The SMILES string of the molecule is CCOc1cc2cc(c1)C(=O)N(C)CC(=O)N[C@H]1CN(C(=O)Cc3cccs3)CC[C@H]1OCc1cccc(c1)O2. The third-order valence-electron chi connectivity index (χ3n) is 6.92. The summed E-state index contributed by atoms with van der Waals surface area (Å²) in [5.41, 5.74) is 1.26. The highest BCUT2D eigenvalue weighted by molar-refractivity contribution is 7.10. The molecule has 210 valence electrons. The van der Waals surface area contributed by atoms with E-state index < -0.39 is 6.04 Å². The van der Waals surface area contributed by atoms with Gasteiger partial charge in [-0.05, 0) is 54.6 Å². The third kappa shape index (κ3) is 6.81. The van der Waals surface area contributed by atoms with Crippen LogP contribution in [0.5, 0.6) is 17.2 Å². The highest BCUT2D eigenvalue weighted by Crippen LogP contribution is 2.29. The first-order chi connectivity index (χ1) is 19.4. The van der Waals surface area contributed by atoms with Gasteiger partial charge in [-0.15, -0.1) is 11.3 Å². The normalized spacial score (nSPS) is 19.9. The van der Waals surface area contributed by atoms with Gasteiger partial charge in [0.05, 0.1) is 38.3 Å². The molecule has 5 rings (SSSR count). The van der Waals surface area contributed by atoms with E-state index >= 15 is 0 Å². The molecule has 3 aromatic rings. The number of benzene rings is 2. The highest BCUT2D eigenvalue weighted by Gasteiger charge is 2.34. The molecule has 3 heterocycles. The minimum Gasteiger partial charge on any atom is -0.494 e. The Morgan fingerprint density at radius 1 is 1.12 bits per heavy atom. The number of nitrogens with zero attached hydrogens (tertiary/aromatic N) is 2. The summed E-state index contributed by atoms with van der Waals surface area (Å²) in [7, 11) is 1.58. The van der Waals surface area contributed by atoms with Gasteiger partial charge in [-0.1, -0.05) is 18.2 Å². The fourth-order valence-corrected chi connectivity index (χ4v) is 5.67. The molecule has 2 atom stereocenters. The van der Waals surface area contributed by atoms with E-state index in [0.29, 0.717) is 62.0 Å². The molecule has 0 radical (unpaired) electrons. The molecule has 1 saturated heterocycles. The van der Waals surface area contributed by atoms with Crippen LogP contribution in [0.25, 0.3) is 0 Å². The predicted octanol–water partition coefficient (Wildman–Crippen LogP) is 3.87. The monoisotopic (exact) mass is 563 g/mol. The summed E-state index contributed by atoms with van der Waals surface area (Å²) < 4.78 is 18.1. The molecule has 2 aliphatic rings. The molecule has 1 fully saturated rings. The second-order valence-electron chi connectivity index (χ2n) is 9.94. The van der Waals surface area contributed by atoms with Gasteiger partial charge in [0.25, 0.3) is 5.91 Å². The van der Waals surface area contributed by atoms with Gasteiger partial charge in [0.15, 0.2) is 0 Å². The Morgan fingerprint density at radius 2 is 2.00 bits per heavy atom. The van der Waals surface area contributed by atoms with E-state index in [1.807, 2.05) is 48.7 Å². The zero-order valence-electron chi connectivity index (χ0n) is 22.6.